The maximum absolute atomic E-state index is 14.8. The zero-order chi connectivity index (χ0) is 31.5. The average Bonchev–Trinajstić information content (AvgIpc) is 3.58. The largest absolute Gasteiger partial charge is 0.493 e. The van der Waals surface area contributed by atoms with Gasteiger partial charge in [-0.05, 0) is 83.8 Å². The molecular formula is C38H34FN3O3S. The summed E-state index contributed by atoms with van der Waals surface area (Å²) in [4.78, 5) is 24.6. The van der Waals surface area contributed by atoms with E-state index in [4.69, 9.17) is 19.4 Å². The minimum atomic E-state index is -0.271. The van der Waals surface area contributed by atoms with E-state index in [2.05, 4.69) is 30.2 Å². The van der Waals surface area contributed by atoms with Crippen molar-refractivity contribution in [3.8, 4) is 39.4 Å². The van der Waals surface area contributed by atoms with Crippen LogP contribution in [0.5, 0.6) is 5.75 Å². The zero-order valence-electron chi connectivity index (χ0n) is 25.5. The topological polar surface area (TPSA) is 64.6 Å². The van der Waals surface area contributed by atoms with Crippen LogP contribution in [0.3, 0.4) is 0 Å². The van der Waals surface area contributed by atoms with Crippen molar-refractivity contribution in [1.29, 1.82) is 0 Å². The van der Waals surface area contributed by atoms with Crippen molar-refractivity contribution < 1.29 is 18.7 Å². The number of hydrogen-bond donors (Lipinski definition) is 0. The fourth-order valence-electron chi connectivity index (χ4n) is 6.30. The second-order valence-electron chi connectivity index (χ2n) is 11.5. The average molecular weight is 632 g/mol. The number of benzene rings is 2. The molecule has 0 atom stereocenters. The summed E-state index contributed by atoms with van der Waals surface area (Å²) in [5, 5.41) is 3.09. The Labute approximate surface area is 271 Å². The number of amides is 1. The first kappa shape index (κ1) is 30.0. The Morgan fingerprint density at radius 1 is 1.00 bits per heavy atom. The molecule has 0 saturated heterocycles. The standard InChI is InChI=1S/C38H34FN3O3S/c1-2-34(43)42-16-14-32-27(24-42)21-26(23-40-32)36-35-29-13-12-28(39)22-25(29)9-8-18-44-17-6-3-7-19-45-33-11-5-4-10-30(33)37(41-36)31-15-20-46-38(31)35/h2-6,10-13,15,20-23H,1,7-9,14,16-19,24H2/b6-3+. The number of aryl methyl sites for hydroxylation is 1. The molecule has 8 heteroatoms. The number of thiophene rings is 1. The third-order valence-corrected chi connectivity index (χ3v) is 9.48. The number of pyridine rings is 2. The van der Waals surface area contributed by atoms with E-state index in [9.17, 15) is 9.18 Å². The summed E-state index contributed by atoms with van der Waals surface area (Å²) in [6.45, 7) is 6.36. The van der Waals surface area contributed by atoms with Crippen molar-refractivity contribution in [2.45, 2.75) is 32.2 Å². The van der Waals surface area contributed by atoms with Gasteiger partial charge in [-0.3, -0.25) is 9.78 Å². The Morgan fingerprint density at radius 2 is 1.91 bits per heavy atom. The van der Waals surface area contributed by atoms with Gasteiger partial charge in [0.2, 0.25) is 5.91 Å². The molecule has 46 heavy (non-hydrogen) atoms. The van der Waals surface area contributed by atoms with Crippen LogP contribution in [0.4, 0.5) is 4.39 Å². The summed E-state index contributed by atoms with van der Waals surface area (Å²) in [6.07, 6.45) is 10.2. The molecule has 7 rings (SSSR count). The summed E-state index contributed by atoms with van der Waals surface area (Å²) in [7, 11) is 0. The van der Waals surface area contributed by atoms with E-state index in [1.807, 2.05) is 42.6 Å². The number of nitrogens with zero attached hydrogens (tertiary/aromatic N) is 3. The fraction of sp³-hybridized carbons (Fsp3) is 0.237. The predicted molar refractivity (Wildman–Crippen MR) is 181 cm³/mol. The fourth-order valence-corrected chi connectivity index (χ4v) is 7.26. The molecular weight excluding hydrogens is 598 g/mol. The third-order valence-electron chi connectivity index (χ3n) is 8.54. The number of rotatable bonds is 2. The van der Waals surface area contributed by atoms with Gasteiger partial charge >= 0.3 is 0 Å². The number of para-hydroxylation sites is 1. The molecule has 0 radical (unpaired) electrons. The number of carbonyl (C=O) groups is 1. The summed E-state index contributed by atoms with van der Waals surface area (Å²) >= 11 is 1.65. The van der Waals surface area contributed by atoms with Crippen molar-refractivity contribution in [3.63, 3.8) is 0 Å². The highest BCUT2D eigenvalue weighted by molar-refractivity contribution is 7.18. The van der Waals surface area contributed by atoms with Gasteiger partial charge in [-0.2, -0.15) is 0 Å². The van der Waals surface area contributed by atoms with Crippen molar-refractivity contribution in [2.24, 2.45) is 0 Å². The number of fused-ring (bicyclic) bond motifs is 5. The Balaban J connectivity index is 1.48. The molecule has 2 aliphatic rings. The number of aromatic nitrogens is 2. The molecule has 2 aliphatic heterocycles. The molecule has 0 fully saturated rings. The summed E-state index contributed by atoms with van der Waals surface area (Å²) in [5.74, 6) is 0.396. The lowest BCUT2D eigenvalue weighted by Gasteiger charge is -2.27. The molecule has 6 nitrogen and oxygen atoms in total. The Morgan fingerprint density at radius 3 is 2.83 bits per heavy atom. The quantitative estimate of drug-likeness (QED) is 0.145. The van der Waals surface area contributed by atoms with Crippen LogP contribution in [0.25, 0.3) is 43.7 Å². The molecule has 2 aromatic carbocycles. The Kier molecular flexibility index (Phi) is 8.72. The third kappa shape index (κ3) is 5.98. The van der Waals surface area contributed by atoms with Crippen LogP contribution in [0.1, 0.15) is 29.7 Å². The normalized spacial score (nSPS) is 16.0. The lowest BCUT2D eigenvalue weighted by atomic mass is 9.91. The molecule has 5 heterocycles. The predicted octanol–water partition coefficient (Wildman–Crippen LogP) is 8.19. The Bertz CT molecular complexity index is 1970. The maximum atomic E-state index is 14.8. The van der Waals surface area contributed by atoms with E-state index in [1.54, 1.807) is 22.3 Å². The SMILES string of the molecule is C=CC(=O)N1CCc2ncc(-c3nc4c5ccsc5c3-c3ccc(F)cc3CCCOC/C=C/CCOc3ccccc3-4)cc2C1. The van der Waals surface area contributed by atoms with Gasteiger partial charge in [-0.15, -0.1) is 11.3 Å². The minimum Gasteiger partial charge on any atom is -0.493 e. The minimum absolute atomic E-state index is 0.0937. The molecule has 0 aliphatic carbocycles. The van der Waals surface area contributed by atoms with E-state index in [1.165, 1.54) is 12.1 Å². The number of hydrogen-bond acceptors (Lipinski definition) is 6. The zero-order valence-corrected chi connectivity index (χ0v) is 26.3. The number of ether oxygens (including phenoxy) is 2. The van der Waals surface area contributed by atoms with Crippen molar-refractivity contribution >= 4 is 27.3 Å². The molecule has 232 valence electrons. The van der Waals surface area contributed by atoms with Crippen molar-refractivity contribution in [3.05, 3.63) is 114 Å². The van der Waals surface area contributed by atoms with Crippen LogP contribution in [0.15, 0.2) is 91.0 Å². The van der Waals surface area contributed by atoms with E-state index in [0.29, 0.717) is 45.8 Å². The van der Waals surface area contributed by atoms with E-state index in [0.717, 1.165) is 79.1 Å². The number of carbonyl (C=O) groups excluding carboxylic acids is 1. The molecule has 3 aromatic heterocycles. The number of halogens is 1. The van der Waals surface area contributed by atoms with Crippen LogP contribution in [-0.2, 0) is 28.9 Å². The molecule has 0 N–H and O–H groups in total. The van der Waals surface area contributed by atoms with Gasteiger partial charge in [-0.1, -0.05) is 36.9 Å². The van der Waals surface area contributed by atoms with Gasteiger partial charge in [0.1, 0.15) is 11.6 Å². The van der Waals surface area contributed by atoms with Crippen molar-refractivity contribution in [2.75, 3.05) is 26.4 Å². The first-order valence-electron chi connectivity index (χ1n) is 15.6. The van der Waals surface area contributed by atoms with E-state index in [-0.39, 0.29) is 11.7 Å². The van der Waals surface area contributed by atoms with Crippen LogP contribution in [-0.4, -0.2) is 47.1 Å². The van der Waals surface area contributed by atoms with E-state index < -0.39 is 0 Å². The monoisotopic (exact) mass is 631 g/mol. The van der Waals surface area contributed by atoms with Gasteiger partial charge in [0, 0.05) is 64.8 Å². The molecule has 0 spiro atoms. The highest BCUT2D eigenvalue weighted by atomic mass is 32.1. The highest BCUT2D eigenvalue weighted by Crippen LogP contribution is 2.46. The van der Waals surface area contributed by atoms with Gasteiger partial charge < -0.3 is 14.4 Å². The van der Waals surface area contributed by atoms with Gasteiger partial charge in [0.15, 0.2) is 0 Å². The Hall–Kier alpha value is -4.66. The highest BCUT2D eigenvalue weighted by Gasteiger charge is 2.25. The van der Waals surface area contributed by atoms with Gasteiger partial charge in [0.05, 0.1) is 24.6 Å². The summed E-state index contributed by atoms with van der Waals surface area (Å²) in [5.41, 5.74) is 8.09. The summed E-state index contributed by atoms with van der Waals surface area (Å²) < 4.78 is 28.0. The molecule has 5 aromatic rings. The lowest BCUT2D eigenvalue weighted by Crippen LogP contribution is -2.35. The van der Waals surface area contributed by atoms with E-state index >= 15 is 0 Å². The van der Waals surface area contributed by atoms with Crippen LogP contribution < -0.4 is 4.74 Å². The molecule has 0 saturated carbocycles. The van der Waals surface area contributed by atoms with Crippen LogP contribution in [0, 0.1) is 5.82 Å². The second-order valence-corrected chi connectivity index (χ2v) is 12.4. The van der Waals surface area contributed by atoms with Crippen LogP contribution in [0.2, 0.25) is 0 Å². The maximum Gasteiger partial charge on any atom is 0.246 e. The first-order valence-corrected chi connectivity index (χ1v) is 16.5. The second kappa shape index (κ2) is 13.4. The van der Waals surface area contributed by atoms with Crippen molar-refractivity contribution in [1.82, 2.24) is 14.9 Å². The molecule has 0 unspecified atom stereocenters. The van der Waals surface area contributed by atoms with Crippen LogP contribution >= 0.6 is 11.3 Å². The summed E-state index contributed by atoms with van der Waals surface area (Å²) in [6, 6.07) is 17.3. The van der Waals surface area contributed by atoms with Gasteiger partial charge in [-0.25, -0.2) is 9.37 Å². The molecule has 2 bridgehead atoms. The first-order chi connectivity index (χ1) is 22.6. The van der Waals surface area contributed by atoms with Gasteiger partial charge in [0.25, 0.3) is 0 Å². The smallest absolute Gasteiger partial charge is 0.246 e. The lowest BCUT2D eigenvalue weighted by molar-refractivity contribution is -0.126. The molecule has 1 amide bonds.